The second-order valence-electron chi connectivity index (χ2n) is 7.21. The SMILES string of the molecule is Cc1ccc2nc(NC(=O)CSc3nc4ccccc4c(=O)n3Cc3ccco3)sc2c1. The molecule has 0 fully saturated rings. The summed E-state index contributed by atoms with van der Waals surface area (Å²) in [5.74, 6) is 0.524. The fraction of sp³-hybridized carbons (Fsp3) is 0.130. The topological polar surface area (TPSA) is 90.0 Å². The number of fused-ring (bicyclic) bond motifs is 2. The van der Waals surface area contributed by atoms with E-state index in [1.807, 2.05) is 37.3 Å². The lowest BCUT2D eigenvalue weighted by Gasteiger charge is -2.12. The lowest BCUT2D eigenvalue weighted by molar-refractivity contribution is -0.113. The van der Waals surface area contributed by atoms with Crippen molar-refractivity contribution in [3.05, 3.63) is 82.5 Å². The Morgan fingerprint density at radius 2 is 2.00 bits per heavy atom. The lowest BCUT2D eigenvalue weighted by atomic mass is 10.2. The van der Waals surface area contributed by atoms with Crippen molar-refractivity contribution < 1.29 is 9.21 Å². The average molecular weight is 463 g/mol. The number of hydrogen-bond donors (Lipinski definition) is 1. The van der Waals surface area contributed by atoms with Gasteiger partial charge in [0.25, 0.3) is 5.56 Å². The van der Waals surface area contributed by atoms with Gasteiger partial charge in [0.2, 0.25) is 5.91 Å². The summed E-state index contributed by atoms with van der Waals surface area (Å²) in [6, 6.07) is 16.7. The molecule has 0 atom stereocenters. The van der Waals surface area contributed by atoms with Crippen LogP contribution in [0.3, 0.4) is 0 Å². The van der Waals surface area contributed by atoms with Gasteiger partial charge in [-0.25, -0.2) is 9.97 Å². The maximum absolute atomic E-state index is 13.1. The molecule has 0 saturated heterocycles. The number of aromatic nitrogens is 3. The minimum Gasteiger partial charge on any atom is -0.467 e. The Labute approximate surface area is 191 Å². The van der Waals surface area contributed by atoms with Crippen LogP contribution in [0, 0.1) is 6.92 Å². The van der Waals surface area contributed by atoms with E-state index in [0.717, 1.165) is 15.8 Å². The van der Waals surface area contributed by atoms with E-state index in [1.165, 1.54) is 23.1 Å². The number of hydrogen-bond acceptors (Lipinski definition) is 7. The molecule has 7 nitrogen and oxygen atoms in total. The summed E-state index contributed by atoms with van der Waals surface area (Å²) >= 11 is 2.65. The van der Waals surface area contributed by atoms with Crippen molar-refractivity contribution in [3.63, 3.8) is 0 Å². The molecule has 0 radical (unpaired) electrons. The van der Waals surface area contributed by atoms with E-state index < -0.39 is 0 Å². The summed E-state index contributed by atoms with van der Waals surface area (Å²) in [7, 11) is 0. The molecule has 32 heavy (non-hydrogen) atoms. The molecule has 0 spiro atoms. The number of nitrogens with one attached hydrogen (secondary N) is 1. The molecule has 160 valence electrons. The average Bonchev–Trinajstić information content (AvgIpc) is 3.43. The molecule has 5 rings (SSSR count). The van der Waals surface area contributed by atoms with Crippen molar-refractivity contribution in [1.82, 2.24) is 14.5 Å². The second kappa shape index (κ2) is 8.60. The van der Waals surface area contributed by atoms with Crippen LogP contribution in [0.25, 0.3) is 21.1 Å². The maximum atomic E-state index is 13.1. The van der Waals surface area contributed by atoms with Gasteiger partial charge in [0.15, 0.2) is 10.3 Å². The van der Waals surface area contributed by atoms with E-state index in [4.69, 9.17) is 4.42 Å². The number of carbonyl (C=O) groups is 1. The van der Waals surface area contributed by atoms with E-state index in [9.17, 15) is 9.59 Å². The Morgan fingerprint density at radius 3 is 2.84 bits per heavy atom. The molecule has 3 aromatic heterocycles. The number of nitrogens with zero attached hydrogens (tertiary/aromatic N) is 3. The summed E-state index contributed by atoms with van der Waals surface area (Å²) < 4.78 is 7.98. The first-order valence-electron chi connectivity index (χ1n) is 9.88. The predicted molar refractivity (Wildman–Crippen MR) is 128 cm³/mol. The predicted octanol–water partition coefficient (Wildman–Crippen LogP) is 4.69. The molecular formula is C23H18N4O3S2. The zero-order valence-electron chi connectivity index (χ0n) is 17.1. The first-order chi connectivity index (χ1) is 15.6. The zero-order valence-corrected chi connectivity index (χ0v) is 18.7. The fourth-order valence-electron chi connectivity index (χ4n) is 3.33. The van der Waals surface area contributed by atoms with Crippen LogP contribution in [0.15, 0.2) is 75.2 Å². The Morgan fingerprint density at radius 1 is 1.12 bits per heavy atom. The molecule has 0 unspecified atom stereocenters. The van der Waals surface area contributed by atoms with E-state index in [0.29, 0.717) is 27.0 Å². The normalized spacial score (nSPS) is 11.3. The zero-order chi connectivity index (χ0) is 22.1. The van der Waals surface area contributed by atoms with Crippen LogP contribution < -0.4 is 10.9 Å². The molecular weight excluding hydrogens is 444 g/mol. The highest BCUT2D eigenvalue weighted by atomic mass is 32.2. The second-order valence-corrected chi connectivity index (χ2v) is 9.18. The molecule has 3 heterocycles. The van der Waals surface area contributed by atoms with Gasteiger partial charge in [0.05, 0.1) is 39.7 Å². The van der Waals surface area contributed by atoms with Gasteiger partial charge in [0, 0.05) is 0 Å². The first kappa shape index (κ1) is 20.5. The van der Waals surface area contributed by atoms with Crippen molar-refractivity contribution in [2.45, 2.75) is 18.6 Å². The van der Waals surface area contributed by atoms with Gasteiger partial charge in [-0.1, -0.05) is 41.3 Å². The molecule has 1 amide bonds. The van der Waals surface area contributed by atoms with Gasteiger partial charge in [-0.3, -0.25) is 14.2 Å². The van der Waals surface area contributed by atoms with Crippen molar-refractivity contribution in [3.8, 4) is 0 Å². The quantitative estimate of drug-likeness (QED) is 0.291. The molecule has 9 heteroatoms. The Kier molecular flexibility index (Phi) is 5.50. The summed E-state index contributed by atoms with van der Waals surface area (Å²) in [6.07, 6.45) is 1.56. The standard InChI is InChI=1S/C23H18N4O3S2/c1-14-8-9-18-19(11-14)32-22(24-18)26-20(28)13-31-23-25-17-7-3-2-6-16(17)21(29)27(23)12-15-5-4-10-30-15/h2-11H,12-13H2,1H3,(H,24,26,28). The van der Waals surface area contributed by atoms with Crippen LogP contribution in [0.5, 0.6) is 0 Å². The largest absolute Gasteiger partial charge is 0.467 e. The number of anilines is 1. The van der Waals surface area contributed by atoms with Crippen LogP contribution in [-0.2, 0) is 11.3 Å². The fourth-order valence-corrected chi connectivity index (χ4v) is 5.11. The highest BCUT2D eigenvalue weighted by molar-refractivity contribution is 7.99. The van der Waals surface area contributed by atoms with Crippen LogP contribution in [0.1, 0.15) is 11.3 Å². The Balaban J connectivity index is 1.38. The third kappa shape index (κ3) is 4.17. The smallest absolute Gasteiger partial charge is 0.262 e. The third-order valence-electron chi connectivity index (χ3n) is 4.84. The van der Waals surface area contributed by atoms with Crippen LogP contribution in [0.4, 0.5) is 5.13 Å². The van der Waals surface area contributed by atoms with Crippen molar-refractivity contribution >= 4 is 55.3 Å². The number of thioether (sulfide) groups is 1. The highest BCUT2D eigenvalue weighted by Crippen LogP contribution is 2.27. The summed E-state index contributed by atoms with van der Waals surface area (Å²) in [6.45, 7) is 2.26. The molecule has 2 aromatic carbocycles. The maximum Gasteiger partial charge on any atom is 0.262 e. The molecule has 0 bridgehead atoms. The number of furan rings is 1. The van der Waals surface area contributed by atoms with E-state index >= 15 is 0 Å². The van der Waals surface area contributed by atoms with E-state index in [1.54, 1.807) is 35.1 Å². The van der Waals surface area contributed by atoms with E-state index in [2.05, 4.69) is 15.3 Å². The molecule has 1 N–H and O–H groups in total. The Bertz CT molecular complexity index is 1490. The number of amides is 1. The van der Waals surface area contributed by atoms with Crippen LogP contribution >= 0.6 is 23.1 Å². The number of rotatable bonds is 6. The van der Waals surface area contributed by atoms with Crippen molar-refractivity contribution in [1.29, 1.82) is 0 Å². The van der Waals surface area contributed by atoms with Crippen LogP contribution in [0.2, 0.25) is 0 Å². The third-order valence-corrected chi connectivity index (χ3v) is 6.75. The number of aryl methyl sites for hydroxylation is 1. The molecule has 0 aliphatic rings. The van der Waals surface area contributed by atoms with E-state index in [-0.39, 0.29) is 23.8 Å². The van der Waals surface area contributed by atoms with Gasteiger partial charge in [-0.05, 0) is 48.9 Å². The molecule has 0 aliphatic carbocycles. The van der Waals surface area contributed by atoms with Gasteiger partial charge in [0.1, 0.15) is 5.76 Å². The van der Waals surface area contributed by atoms with Crippen molar-refractivity contribution in [2.75, 3.05) is 11.1 Å². The number of thiazole rings is 1. The summed E-state index contributed by atoms with van der Waals surface area (Å²) in [5, 5.41) is 4.39. The minimum atomic E-state index is -0.210. The van der Waals surface area contributed by atoms with Gasteiger partial charge < -0.3 is 9.73 Å². The highest BCUT2D eigenvalue weighted by Gasteiger charge is 2.15. The van der Waals surface area contributed by atoms with Crippen LogP contribution in [-0.4, -0.2) is 26.2 Å². The summed E-state index contributed by atoms with van der Waals surface area (Å²) in [5.41, 5.74) is 2.42. The monoisotopic (exact) mass is 462 g/mol. The minimum absolute atomic E-state index is 0.0951. The van der Waals surface area contributed by atoms with Gasteiger partial charge in [-0.15, -0.1) is 0 Å². The van der Waals surface area contributed by atoms with Gasteiger partial charge >= 0.3 is 0 Å². The molecule has 0 saturated carbocycles. The van der Waals surface area contributed by atoms with Crippen molar-refractivity contribution in [2.24, 2.45) is 0 Å². The van der Waals surface area contributed by atoms with Gasteiger partial charge in [-0.2, -0.15) is 0 Å². The number of benzene rings is 2. The number of carbonyl (C=O) groups excluding carboxylic acids is 1. The first-order valence-corrected chi connectivity index (χ1v) is 11.7. The molecule has 0 aliphatic heterocycles. The molecule has 5 aromatic rings. The lowest BCUT2D eigenvalue weighted by Crippen LogP contribution is -2.24. The number of para-hydroxylation sites is 1. The Hall–Kier alpha value is -3.43. The summed E-state index contributed by atoms with van der Waals surface area (Å²) in [4.78, 5) is 34.8.